The fraction of sp³-hybridized carbons (Fsp3) is 0.294. The van der Waals surface area contributed by atoms with Crippen LogP contribution in [0.25, 0.3) is 0 Å². The van der Waals surface area contributed by atoms with E-state index in [9.17, 15) is 23.5 Å². The molecule has 1 aromatic heterocycles. The lowest BCUT2D eigenvalue weighted by atomic mass is 10.0. The number of amides is 2. The van der Waals surface area contributed by atoms with Crippen molar-refractivity contribution < 1.29 is 23.5 Å². The van der Waals surface area contributed by atoms with Crippen LogP contribution < -0.4 is 5.73 Å². The van der Waals surface area contributed by atoms with Gasteiger partial charge in [0.2, 0.25) is 5.91 Å². The molecule has 1 aliphatic heterocycles. The molecule has 1 aromatic carbocycles. The molecule has 8 heteroatoms. The van der Waals surface area contributed by atoms with Crippen molar-refractivity contribution >= 4 is 11.8 Å². The fourth-order valence-corrected chi connectivity index (χ4v) is 3.16. The van der Waals surface area contributed by atoms with Crippen LogP contribution in [0.4, 0.5) is 8.78 Å². The zero-order chi connectivity index (χ0) is 18.3. The van der Waals surface area contributed by atoms with Gasteiger partial charge in [-0.1, -0.05) is 0 Å². The van der Waals surface area contributed by atoms with Gasteiger partial charge in [0.15, 0.2) is 0 Å². The van der Waals surface area contributed by atoms with Crippen LogP contribution in [0, 0.1) is 11.6 Å². The molecule has 0 saturated carbocycles. The molecule has 0 unspecified atom stereocenters. The molecule has 3 rings (SSSR count). The number of nitrogens with zero attached hydrogens (tertiary/aromatic N) is 2. The Kier molecular flexibility index (Phi) is 4.30. The van der Waals surface area contributed by atoms with Gasteiger partial charge in [0, 0.05) is 25.4 Å². The molecule has 0 radical (unpaired) electrons. The molecule has 6 nitrogen and oxygen atoms in total. The maximum atomic E-state index is 14.1. The molecule has 2 heterocycles. The third-order valence-electron chi connectivity index (χ3n) is 4.37. The summed E-state index contributed by atoms with van der Waals surface area (Å²) in [7, 11) is 1.57. The standard InChI is InChI=1S/C17H17F2N3O3/c1-21-7-9(16(20)24)4-15(21)17(25)22-8-11(23)6-14(22)12-5-10(18)2-3-13(12)19/h2-5,7,11,14,23H,6,8H2,1H3,(H2,20,24)/t11-,14+/m1/s1. The van der Waals surface area contributed by atoms with Gasteiger partial charge in [0.1, 0.15) is 17.3 Å². The first-order chi connectivity index (χ1) is 11.8. The number of halogens is 2. The molecule has 2 aromatic rings. The number of β-amino-alcohol motifs (C(OH)–C–C–N with tert-alkyl or cyclic N) is 1. The molecule has 2 amide bonds. The van der Waals surface area contributed by atoms with Gasteiger partial charge in [-0.2, -0.15) is 0 Å². The van der Waals surface area contributed by atoms with Gasteiger partial charge in [0.25, 0.3) is 5.91 Å². The van der Waals surface area contributed by atoms with Gasteiger partial charge in [-0.15, -0.1) is 0 Å². The van der Waals surface area contributed by atoms with Gasteiger partial charge in [-0.25, -0.2) is 8.78 Å². The number of aliphatic hydroxyl groups is 1. The van der Waals surface area contributed by atoms with Crippen molar-refractivity contribution in [2.45, 2.75) is 18.6 Å². The van der Waals surface area contributed by atoms with Crippen molar-refractivity contribution in [3.63, 3.8) is 0 Å². The van der Waals surface area contributed by atoms with E-state index in [0.717, 1.165) is 18.2 Å². The number of hydrogen-bond donors (Lipinski definition) is 2. The van der Waals surface area contributed by atoms with E-state index in [-0.39, 0.29) is 29.8 Å². The summed E-state index contributed by atoms with van der Waals surface area (Å²) in [5, 5.41) is 9.96. The lowest BCUT2D eigenvalue weighted by Crippen LogP contribution is -2.33. The Morgan fingerprint density at radius 2 is 2.00 bits per heavy atom. The van der Waals surface area contributed by atoms with Gasteiger partial charge < -0.3 is 20.3 Å². The van der Waals surface area contributed by atoms with E-state index in [1.165, 1.54) is 21.7 Å². The van der Waals surface area contributed by atoms with Gasteiger partial charge in [-0.3, -0.25) is 9.59 Å². The first-order valence-corrected chi connectivity index (χ1v) is 7.68. The Hall–Kier alpha value is -2.74. The molecule has 1 aliphatic rings. The Balaban J connectivity index is 1.98. The number of nitrogens with two attached hydrogens (primary N) is 1. The largest absolute Gasteiger partial charge is 0.391 e. The van der Waals surface area contributed by atoms with E-state index in [2.05, 4.69) is 0 Å². The summed E-state index contributed by atoms with van der Waals surface area (Å²) < 4.78 is 29.1. The van der Waals surface area contributed by atoms with Crippen LogP contribution in [0.5, 0.6) is 0 Å². The fourth-order valence-electron chi connectivity index (χ4n) is 3.16. The van der Waals surface area contributed by atoms with E-state index >= 15 is 0 Å². The number of carbonyl (C=O) groups excluding carboxylic acids is 2. The number of aliphatic hydroxyl groups excluding tert-OH is 1. The van der Waals surface area contributed by atoms with E-state index in [1.807, 2.05) is 0 Å². The quantitative estimate of drug-likeness (QED) is 0.877. The van der Waals surface area contributed by atoms with E-state index < -0.39 is 35.6 Å². The Morgan fingerprint density at radius 3 is 2.64 bits per heavy atom. The van der Waals surface area contributed by atoms with E-state index in [4.69, 9.17) is 5.73 Å². The van der Waals surface area contributed by atoms with Crippen molar-refractivity contribution in [3.05, 3.63) is 58.9 Å². The molecule has 0 aliphatic carbocycles. The maximum absolute atomic E-state index is 14.1. The number of benzene rings is 1. The minimum absolute atomic E-state index is 0.00855. The highest BCUT2D eigenvalue weighted by Crippen LogP contribution is 2.35. The molecular formula is C17H17F2N3O3. The summed E-state index contributed by atoms with van der Waals surface area (Å²) in [5.74, 6) is -2.45. The second-order valence-electron chi connectivity index (χ2n) is 6.12. The number of hydrogen-bond acceptors (Lipinski definition) is 3. The van der Waals surface area contributed by atoms with Crippen LogP contribution in [-0.2, 0) is 7.05 Å². The summed E-state index contributed by atoms with van der Waals surface area (Å²) >= 11 is 0. The number of carbonyl (C=O) groups is 2. The molecule has 3 N–H and O–H groups in total. The van der Waals surface area contributed by atoms with Gasteiger partial charge >= 0.3 is 0 Å². The summed E-state index contributed by atoms with van der Waals surface area (Å²) in [6.07, 6.45) is 0.659. The summed E-state index contributed by atoms with van der Waals surface area (Å²) in [6.45, 7) is -0.0173. The van der Waals surface area contributed by atoms with Crippen LogP contribution in [0.3, 0.4) is 0 Å². The number of aryl methyl sites for hydroxylation is 1. The Labute approximate surface area is 142 Å². The lowest BCUT2D eigenvalue weighted by Gasteiger charge is -2.25. The summed E-state index contributed by atoms with van der Waals surface area (Å²) in [5.41, 5.74) is 5.56. The van der Waals surface area contributed by atoms with Crippen LogP contribution in [0.15, 0.2) is 30.5 Å². The Bertz CT molecular complexity index is 850. The molecule has 2 atom stereocenters. The predicted octanol–water partition coefficient (Wildman–Crippen LogP) is 1.35. The predicted molar refractivity (Wildman–Crippen MR) is 84.7 cm³/mol. The topological polar surface area (TPSA) is 88.6 Å². The minimum atomic E-state index is -0.854. The summed E-state index contributed by atoms with van der Waals surface area (Å²) in [6, 6.07) is 3.55. The monoisotopic (exact) mass is 349 g/mol. The minimum Gasteiger partial charge on any atom is -0.391 e. The van der Waals surface area contributed by atoms with Crippen molar-refractivity contribution in [1.29, 1.82) is 0 Å². The first kappa shape index (κ1) is 17.1. The van der Waals surface area contributed by atoms with Crippen molar-refractivity contribution in [3.8, 4) is 0 Å². The maximum Gasteiger partial charge on any atom is 0.271 e. The number of aromatic nitrogens is 1. The third-order valence-corrected chi connectivity index (χ3v) is 4.37. The van der Waals surface area contributed by atoms with E-state index in [1.54, 1.807) is 7.05 Å². The normalized spacial score (nSPS) is 20.1. The zero-order valence-corrected chi connectivity index (χ0v) is 13.4. The third kappa shape index (κ3) is 3.12. The smallest absolute Gasteiger partial charge is 0.271 e. The van der Waals surface area contributed by atoms with E-state index in [0.29, 0.717) is 0 Å². The SMILES string of the molecule is Cn1cc(C(N)=O)cc1C(=O)N1C[C@H](O)C[C@H]1c1cc(F)ccc1F. The van der Waals surface area contributed by atoms with Crippen LogP contribution in [0.2, 0.25) is 0 Å². The number of likely N-dealkylation sites (tertiary alicyclic amines) is 1. The molecule has 25 heavy (non-hydrogen) atoms. The van der Waals surface area contributed by atoms with Crippen molar-refractivity contribution in [1.82, 2.24) is 9.47 Å². The molecule has 132 valence electrons. The lowest BCUT2D eigenvalue weighted by molar-refractivity contribution is 0.0704. The second-order valence-corrected chi connectivity index (χ2v) is 6.12. The molecule has 1 fully saturated rings. The second kappa shape index (κ2) is 6.29. The highest BCUT2D eigenvalue weighted by molar-refractivity contribution is 5.99. The van der Waals surface area contributed by atoms with Crippen LogP contribution in [0.1, 0.15) is 38.9 Å². The first-order valence-electron chi connectivity index (χ1n) is 7.68. The zero-order valence-electron chi connectivity index (χ0n) is 13.4. The number of primary amides is 1. The number of rotatable bonds is 3. The van der Waals surface area contributed by atoms with Gasteiger partial charge in [0.05, 0.1) is 17.7 Å². The van der Waals surface area contributed by atoms with Crippen molar-refractivity contribution in [2.24, 2.45) is 12.8 Å². The Morgan fingerprint density at radius 1 is 1.28 bits per heavy atom. The molecule has 1 saturated heterocycles. The molecule has 0 bridgehead atoms. The van der Waals surface area contributed by atoms with Crippen molar-refractivity contribution in [2.75, 3.05) is 6.54 Å². The summed E-state index contributed by atoms with van der Waals surface area (Å²) in [4.78, 5) is 25.4. The highest BCUT2D eigenvalue weighted by Gasteiger charge is 2.38. The van der Waals surface area contributed by atoms with Gasteiger partial charge in [-0.05, 0) is 30.7 Å². The molecule has 0 spiro atoms. The van der Waals surface area contributed by atoms with Crippen LogP contribution in [-0.4, -0.2) is 39.0 Å². The molecular weight excluding hydrogens is 332 g/mol. The van der Waals surface area contributed by atoms with Crippen LogP contribution >= 0.6 is 0 Å². The average molecular weight is 349 g/mol. The highest BCUT2D eigenvalue weighted by atomic mass is 19.1. The average Bonchev–Trinajstić information content (AvgIpc) is 3.12.